The number of aryl methyl sites for hydroxylation is 1. The largest absolute Gasteiger partial charge is 0.368 e. The zero-order valence-electron chi connectivity index (χ0n) is 15.7. The lowest BCUT2D eigenvalue weighted by Crippen LogP contribution is -2.49. The number of hydrogen-bond donors (Lipinski definition) is 1. The summed E-state index contributed by atoms with van der Waals surface area (Å²) in [7, 11) is 0. The molecule has 1 aromatic heterocycles. The molecule has 0 aliphatic carbocycles. The fraction of sp³-hybridized carbons (Fsp3) is 0.273. The standard InChI is InChI=1S/C22H23N3O2/c1-15-6-5-9-20(16(15)2)24-10-12-25(13-11-24)22(27)18-14-23-19-8-4-3-7-17(19)21(18)26/h3-9,14H,10-13H2,1-2H3,(H,23,26). The van der Waals surface area contributed by atoms with E-state index >= 15 is 0 Å². The SMILES string of the molecule is Cc1cccc(N2CCN(C(=O)c3c[nH]c4ccccc4c3=O)CC2)c1C. The molecule has 1 fully saturated rings. The quantitative estimate of drug-likeness (QED) is 0.763. The molecule has 0 atom stereocenters. The Bertz CT molecular complexity index is 1060. The molecular formula is C22H23N3O2. The van der Waals surface area contributed by atoms with E-state index < -0.39 is 0 Å². The van der Waals surface area contributed by atoms with Gasteiger partial charge in [-0.3, -0.25) is 9.59 Å². The molecule has 1 aliphatic heterocycles. The predicted molar refractivity (Wildman–Crippen MR) is 109 cm³/mol. The van der Waals surface area contributed by atoms with Crippen molar-refractivity contribution in [1.82, 2.24) is 9.88 Å². The maximum absolute atomic E-state index is 12.9. The van der Waals surface area contributed by atoms with Gasteiger partial charge >= 0.3 is 0 Å². The lowest BCUT2D eigenvalue weighted by atomic mass is 10.1. The van der Waals surface area contributed by atoms with Crippen LogP contribution in [0.2, 0.25) is 0 Å². The van der Waals surface area contributed by atoms with Gasteiger partial charge in [0.25, 0.3) is 5.91 Å². The molecule has 4 rings (SSSR count). The van der Waals surface area contributed by atoms with Crippen LogP contribution in [0.1, 0.15) is 21.5 Å². The molecule has 2 heterocycles. The van der Waals surface area contributed by atoms with E-state index in [2.05, 4.69) is 41.9 Å². The number of pyridine rings is 1. The van der Waals surface area contributed by atoms with E-state index in [9.17, 15) is 9.59 Å². The highest BCUT2D eigenvalue weighted by Gasteiger charge is 2.25. The van der Waals surface area contributed by atoms with E-state index in [0.717, 1.165) is 18.6 Å². The number of aromatic amines is 1. The topological polar surface area (TPSA) is 56.4 Å². The molecule has 0 spiro atoms. The maximum Gasteiger partial charge on any atom is 0.259 e. The van der Waals surface area contributed by atoms with Crippen LogP contribution in [0.3, 0.4) is 0 Å². The van der Waals surface area contributed by atoms with Crippen LogP contribution in [0.5, 0.6) is 0 Å². The first kappa shape index (κ1) is 17.3. The summed E-state index contributed by atoms with van der Waals surface area (Å²) in [6.07, 6.45) is 1.55. The van der Waals surface area contributed by atoms with Gasteiger partial charge in [-0.05, 0) is 43.2 Å². The smallest absolute Gasteiger partial charge is 0.259 e. The number of para-hydroxylation sites is 1. The van der Waals surface area contributed by atoms with Crippen molar-refractivity contribution in [2.45, 2.75) is 13.8 Å². The molecule has 2 aromatic carbocycles. The third kappa shape index (κ3) is 3.10. The number of anilines is 1. The summed E-state index contributed by atoms with van der Waals surface area (Å²) in [4.78, 5) is 32.8. The van der Waals surface area contributed by atoms with Gasteiger partial charge in [0.05, 0.1) is 0 Å². The van der Waals surface area contributed by atoms with E-state index in [1.165, 1.54) is 16.8 Å². The van der Waals surface area contributed by atoms with Gasteiger partial charge in [-0.25, -0.2) is 0 Å². The van der Waals surface area contributed by atoms with Crippen molar-refractivity contribution in [2.24, 2.45) is 0 Å². The number of rotatable bonds is 2. The number of aromatic nitrogens is 1. The van der Waals surface area contributed by atoms with Crippen molar-refractivity contribution in [1.29, 1.82) is 0 Å². The van der Waals surface area contributed by atoms with Gasteiger partial charge < -0.3 is 14.8 Å². The fourth-order valence-electron chi connectivity index (χ4n) is 3.73. The highest BCUT2D eigenvalue weighted by atomic mass is 16.2. The molecular weight excluding hydrogens is 338 g/mol. The Morgan fingerprint density at radius 1 is 0.963 bits per heavy atom. The van der Waals surface area contributed by atoms with Crippen LogP contribution in [0.25, 0.3) is 10.9 Å². The molecule has 0 unspecified atom stereocenters. The molecule has 1 amide bonds. The van der Waals surface area contributed by atoms with Gasteiger partial charge in [0.2, 0.25) is 5.43 Å². The molecule has 0 bridgehead atoms. The lowest BCUT2D eigenvalue weighted by molar-refractivity contribution is 0.0745. The van der Waals surface area contributed by atoms with Gasteiger partial charge in [-0.15, -0.1) is 0 Å². The van der Waals surface area contributed by atoms with Crippen molar-refractivity contribution < 1.29 is 4.79 Å². The highest BCUT2D eigenvalue weighted by Crippen LogP contribution is 2.24. The molecule has 27 heavy (non-hydrogen) atoms. The molecule has 1 aliphatic rings. The molecule has 138 valence electrons. The summed E-state index contributed by atoms with van der Waals surface area (Å²) >= 11 is 0. The molecule has 1 saturated heterocycles. The Morgan fingerprint density at radius 3 is 2.48 bits per heavy atom. The minimum atomic E-state index is -0.202. The van der Waals surface area contributed by atoms with Crippen LogP contribution < -0.4 is 10.3 Å². The maximum atomic E-state index is 12.9. The van der Waals surface area contributed by atoms with Crippen molar-refractivity contribution in [2.75, 3.05) is 31.1 Å². The van der Waals surface area contributed by atoms with Gasteiger partial charge in [0.15, 0.2) is 0 Å². The van der Waals surface area contributed by atoms with E-state index in [1.807, 2.05) is 18.2 Å². The average molecular weight is 361 g/mol. The average Bonchev–Trinajstić information content (AvgIpc) is 2.70. The van der Waals surface area contributed by atoms with E-state index in [0.29, 0.717) is 18.5 Å². The second kappa shape index (κ2) is 6.91. The summed E-state index contributed by atoms with van der Waals surface area (Å²) in [5.41, 5.74) is 4.54. The summed E-state index contributed by atoms with van der Waals surface area (Å²) < 4.78 is 0. The van der Waals surface area contributed by atoms with Crippen LogP contribution in [-0.2, 0) is 0 Å². The van der Waals surface area contributed by atoms with Crippen LogP contribution in [0.15, 0.2) is 53.5 Å². The monoisotopic (exact) mass is 361 g/mol. The van der Waals surface area contributed by atoms with Crippen molar-refractivity contribution in [3.8, 4) is 0 Å². The summed E-state index contributed by atoms with van der Waals surface area (Å²) in [6.45, 7) is 7.00. The minimum Gasteiger partial charge on any atom is -0.368 e. The van der Waals surface area contributed by atoms with Crippen molar-refractivity contribution >= 4 is 22.5 Å². The Hall–Kier alpha value is -3.08. The van der Waals surface area contributed by atoms with Gasteiger partial charge in [-0.2, -0.15) is 0 Å². The van der Waals surface area contributed by atoms with E-state index in [4.69, 9.17) is 0 Å². The van der Waals surface area contributed by atoms with Crippen molar-refractivity contribution in [3.63, 3.8) is 0 Å². The van der Waals surface area contributed by atoms with Crippen molar-refractivity contribution in [3.05, 3.63) is 75.6 Å². The minimum absolute atomic E-state index is 0.192. The predicted octanol–water partition coefficient (Wildman–Crippen LogP) is 3.11. The molecule has 5 heteroatoms. The molecule has 3 aromatic rings. The number of hydrogen-bond acceptors (Lipinski definition) is 3. The van der Waals surface area contributed by atoms with Crippen LogP contribution in [0.4, 0.5) is 5.69 Å². The second-order valence-electron chi connectivity index (χ2n) is 7.08. The van der Waals surface area contributed by atoms with Gasteiger partial charge in [-0.1, -0.05) is 24.3 Å². The van der Waals surface area contributed by atoms with Gasteiger partial charge in [0, 0.05) is 49.0 Å². The number of carbonyl (C=O) groups is 1. The Balaban J connectivity index is 1.53. The van der Waals surface area contributed by atoms with Crippen LogP contribution in [0, 0.1) is 13.8 Å². The summed E-state index contributed by atoms with van der Waals surface area (Å²) in [5, 5.41) is 0.553. The number of H-pyrrole nitrogens is 1. The second-order valence-corrected chi connectivity index (χ2v) is 7.08. The molecule has 0 radical (unpaired) electrons. The number of carbonyl (C=O) groups excluding carboxylic acids is 1. The zero-order chi connectivity index (χ0) is 19.0. The first-order valence-electron chi connectivity index (χ1n) is 9.27. The fourth-order valence-corrected chi connectivity index (χ4v) is 3.73. The van der Waals surface area contributed by atoms with Crippen LogP contribution >= 0.6 is 0 Å². The number of nitrogens with zero attached hydrogens (tertiary/aromatic N) is 2. The highest BCUT2D eigenvalue weighted by molar-refractivity contribution is 5.97. The summed E-state index contributed by atoms with van der Waals surface area (Å²) in [5.74, 6) is -0.192. The van der Waals surface area contributed by atoms with E-state index in [1.54, 1.807) is 17.2 Å². The lowest BCUT2D eigenvalue weighted by Gasteiger charge is -2.37. The Labute approximate surface area is 158 Å². The molecule has 0 saturated carbocycles. The Morgan fingerprint density at radius 2 is 1.70 bits per heavy atom. The van der Waals surface area contributed by atoms with E-state index in [-0.39, 0.29) is 16.9 Å². The third-order valence-electron chi connectivity index (χ3n) is 5.50. The third-order valence-corrected chi connectivity index (χ3v) is 5.50. The normalized spacial score (nSPS) is 14.6. The number of fused-ring (bicyclic) bond motifs is 1. The van der Waals surface area contributed by atoms with Gasteiger partial charge in [0.1, 0.15) is 5.56 Å². The Kier molecular flexibility index (Phi) is 4.44. The first-order chi connectivity index (χ1) is 13.1. The number of nitrogens with one attached hydrogen (secondary N) is 1. The molecule has 1 N–H and O–H groups in total. The van der Waals surface area contributed by atoms with Crippen LogP contribution in [-0.4, -0.2) is 42.0 Å². The number of amides is 1. The number of benzene rings is 2. The number of piperazine rings is 1. The first-order valence-corrected chi connectivity index (χ1v) is 9.27. The summed E-state index contributed by atoms with van der Waals surface area (Å²) in [6, 6.07) is 13.6. The zero-order valence-corrected chi connectivity index (χ0v) is 15.7. The molecule has 5 nitrogen and oxygen atoms in total.